The predicted octanol–water partition coefficient (Wildman–Crippen LogP) is 2.70. The van der Waals surface area contributed by atoms with E-state index in [9.17, 15) is 23.2 Å². The van der Waals surface area contributed by atoms with Crippen LogP contribution in [-0.2, 0) is 4.79 Å². The minimum atomic E-state index is -4.23. The molecule has 1 amide bonds. The first-order valence-electron chi connectivity index (χ1n) is 7.55. The van der Waals surface area contributed by atoms with Crippen LogP contribution in [0.3, 0.4) is 0 Å². The third-order valence-corrected chi connectivity index (χ3v) is 4.61. The highest BCUT2D eigenvalue weighted by Gasteiger charge is 2.43. The van der Waals surface area contributed by atoms with Crippen molar-refractivity contribution in [1.29, 1.82) is 5.26 Å². The Bertz CT molecular complexity index is 444. The number of piperidine rings is 1. The molecule has 22 heavy (non-hydrogen) atoms. The molecule has 126 valence electrons. The van der Waals surface area contributed by atoms with E-state index in [1.807, 2.05) is 13.8 Å². The third-order valence-electron chi connectivity index (χ3n) is 4.61. The highest BCUT2D eigenvalue weighted by atomic mass is 19.4. The Balaban J connectivity index is 2.73. The zero-order valence-electron chi connectivity index (χ0n) is 13.5. The summed E-state index contributed by atoms with van der Waals surface area (Å²) in [6.45, 7) is 7.14. The van der Waals surface area contributed by atoms with Gasteiger partial charge in [0, 0.05) is 6.54 Å². The van der Waals surface area contributed by atoms with Crippen LogP contribution in [0.1, 0.15) is 40.5 Å². The van der Waals surface area contributed by atoms with Gasteiger partial charge in [-0.3, -0.25) is 9.69 Å². The first-order valence-corrected chi connectivity index (χ1v) is 7.55. The van der Waals surface area contributed by atoms with Gasteiger partial charge in [0.1, 0.15) is 5.54 Å². The van der Waals surface area contributed by atoms with Crippen LogP contribution >= 0.6 is 0 Å². The first-order chi connectivity index (χ1) is 10.0. The van der Waals surface area contributed by atoms with Gasteiger partial charge < -0.3 is 5.32 Å². The van der Waals surface area contributed by atoms with E-state index in [0.29, 0.717) is 13.0 Å². The lowest BCUT2D eigenvalue weighted by atomic mass is 9.89. The molecule has 0 aromatic rings. The molecule has 0 saturated carbocycles. The molecular formula is C15H24F3N3O. The summed E-state index contributed by atoms with van der Waals surface area (Å²) in [6, 6.07) is 1.39. The molecule has 1 aliphatic rings. The number of rotatable bonds is 4. The van der Waals surface area contributed by atoms with E-state index < -0.39 is 29.6 Å². The van der Waals surface area contributed by atoms with Gasteiger partial charge in [0.15, 0.2) is 0 Å². The van der Waals surface area contributed by atoms with E-state index in [2.05, 4.69) is 11.4 Å². The first kappa shape index (κ1) is 18.8. The van der Waals surface area contributed by atoms with Gasteiger partial charge in [0.2, 0.25) is 5.91 Å². The van der Waals surface area contributed by atoms with Crippen LogP contribution in [0.25, 0.3) is 0 Å². The average molecular weight is 319 g/mol. The lowest BCUT2D eigenvalue weighted by molar-refractivity contribution is -0.189. The van der Waals surface area contributed by atoms with E-state index in [-0.39, 0.29) is 18.9 Å². The molecule has 0 aliphatic carbocycles. The summed E-state index contributed by atoms with van der Waals surface area (Å²) >= 11 is 0. The van der Waals surface area contributed by atoms with Gasteiger partial charge in [0.05, 0.1) is 18.0 Å². The van der Waals surface area contributed by atoms with Crippen molar-refractivity contribution in [2.75, 3.05) is 13.1 Å². The van der Waals surface area contributed by atoms with Crippen molar-refractivity contribution < 1.29 is 18.0 Å². The van der Waals surface area contributed by atoms with Gasteiger partial charge in [-0.2, -0.15) is 18.4 Å². The van der Waals surface area contributed by atoms with Crippen molar-refractivity contribution in [3.63, 3.8) is 0 Å². The standard InChI is InChI=1S/C15H24F3N3O/c1-10(2)14(4,9-19)20-13(22)11(3)21-7-5-6-12(8-21)15(16,17)18/h10-12H,5-8H2,1-4H3,(H,20,22)/t11-,12+,14-/m1/s1. The maximum atomic E-state index is 12.8. The van der Waals surface area contributed by atoms with Crippen LogP contribution in [0.15, 0.2) is 0 Å². The van der Waals surface area contributed by atoms with Crippen LogP contribution in [0, 0.1) is 23.2 Å². The molecule has 1 saturated heterocycles. The van der Waals surface area contributed by atoms with Crippen LogP contribution in [0.2, 0.25) is 0 Å². The fourth-order valence-corrected chi connectivity index (χ4v) is 2.45. The van der Waals surface area contributed by atoms with E-state index in [1.54, 1.807) is 18.7 Å². The zero-order valence-corrected chi connectivity index (χ0v) is 13.5. The summed E-state index contributed by atoms with van der Waals surface area (Å²) in [5.41, 5.74) is -1.02. The van der Waals surface area contributed by atoms with Crippen molar-refractivity contribution in [3.05, 3.63) is 0 Å². The molecule has 0 aromatic carbocycles. The summed E-state index contributed by atoms with van der Waals surface area (Å²) in [5.74, 6) is -1.89. The van der Waals surface area contributed by atoms with Crippen molar-refractivity contribution in [1.82, 2.24) is 10.2 Å². The summed E-state index contributed by atoms with van der Waals surface area (Å²) in [4.78, 5) is 13.8. The number of alkyl halides is 3. The molecule has 0 radical (unpaired) electrons. The number of nitriles is 1. The molecule has 0 spiro atoms. The molecule has 1 N–H and O–H groups in total. The van der Waals surface area contributed by atoms with Crippen LogP contribution in [-0.4, -0.2) is 41.7 Å². The van der Waals surface area contributed by atoms with E-state index in [0.717, 1.165) is 0 Å². The highest BCUT2D eigenvalue weighted by molar-refractivity contribution is 5.82. The quantitative estimate of drug-likeness (QED) is 0.867. The van der Waals surface area contributed by atoms with Crippen LogP contribution < -0.4 is 5.32 Å². The molecule has 7 heteroatoms. The molecule has 1 aliphatic heterocycles. The number of halogens is 3. The van der Waals surface area contributed by atoms with Gasteiger partial charge in [-0.1, -0.05) is 13.8 Å². The van der Waals surface area contributed by atoms with E-state index in [1.165, 1.54) is 0 Å². The Hall–Kier alpha value is -1.29. The maximum absolute atomic E-state index is 12.8. The molecular weight excluding hydrogens is 295 g/mol. The molecule has 4 nitrogen and oxygen atoms in total. The Morgan fingerprint density at radius 1 is 1.36 bits per heavy atom. The highest BCUT2D eigenvalue weighted by Crippen LogP contribution is 2.33. The number of hydrogen-bond donors (Lipinski definition) is 1. The normalized spacial score (nSPS) is 24.4. The number of likely N-dealkylation sites (tertiary alicyclic amines) is 1. The molecule has 0 unspecified atom stereocenters. The monoisotopic (exact) mass is 319 g/mol. The summed E-state index contributed by atoms with van der Waals surface area (Å²) in [5, 5.41) is 11.9. The van der Waals surface area contributed by atoms with E-state index >= 15 is 0 Å². The van der Waals surface area contributed by atoms with Gasteiger partial charge >= 0.3 is 6.18 Å². The number of carbonyl (C=O) groups is 1. The molecule has 1 heterocycles. The summed E-state index contributed by atoms with van der Waals surface area (Å²) in [7, 11) is 0. The lowest BCUT2D eigenvalue weighted by Gasteiger charge is -2.38. The molecule has 0 aromatic heterocycles. The van der Waals surface area contributed by atoms with E-state index in [4.69, 9.17) is 0 Å². The Labute approximate surface area is 129 Å². The molecule has 1 rings (SSSR count). The summed E-state index contributed by atoms with van der Waals surface area (Å²) in [6.07, 6.45) is -3.70. The second-order valence-corrected chi connectivity index (χ2v) is 6.51. The minimum Gasteiger partial charge on any atom is -0.336 e. The average Bonchev–Trinajstić information content (AvgIpc) is 2.45. The Morgan fingerprint density at radius 2 is 1.95 bits per heavy atom. The Morgan fingerprint density at radius 3 is 2.41 bits per heavy atom. The largest absolute Gasteiger partial charge is 0.393 e. The lowest BCUT2D eigenvalue weighted by Crippen LogP contribution is -2.57. The van der Waals surface area contributed by atoms with Crippen LogP contribution in [0.4, 0.5) is 13.2 Å². The second-order valence-electron chi connectivity index (χ2n) is 6.51. The van der Waals surface area contributed by atoms with Crippen molar-refractivity contribution in [3.8, 4) is 6.07 Å². The van der Waals surface area contributed by atoms with Crippen molar-refractivity contribution >= 4 is 5.91 Å². The van der Waals surface area contributed by atoms with Crippen LogP contribution in [0.5, 0.6) is 0 Å². The SMILES string of the molecule is CC(C)[C@@](C)(C#N)NC(=O)[C@@H](C)N1CCC[C@H](C(F)(F)F)C1. The number of hydrogen-bond acceptors (Lipinski definition) is 3. The molecule has 0 bridgehead atoms. The summed E-state index contributed by atoms with van der Waals surface area (Å²) < 4.78 is 38.5. The number of nitrogens with one attached hydrogen (secondary N) is 1. The van der Waals surface area contributed by atoms with Crippen molar-refractivity contribution in [2.45, 2.75) is 58.3 Å². The minimum absolute atomic E-state index is 0.0991. The fourth-order valence-electron chi connectivity index (χ4n) is 2.45. The zero-order chi connectivity index (χ0) is 17.1. The fraction of sp³-hybridized carbons (Fsp3) is 0.867. The smallest absolute Gasteiger partial charge is 0.336 e. The predicted molar refractivity (Wildman–Crippen MR) is 76.8 cm³/mol. The van der Waals surface area contributed by atoms with Gasteiger partial charge in [-0.25, -0.2) is 0 Å². The van der Waals surface area contributed by atoms with Gasteiger partial charge in [0.25, 0.3) is 0 Å². The van der Waals surface area contributed by atoms with Gasteiger partial charge in [-0.05, 0) is 39.2 Å². The second kappa shape index (κ2) is 6.86. The van der Waals surface area contributed by atoms with Crippen molar-refractivity contribution in [2.24, 2.45) is 11.8 Å². The van der Waals surface area contributed by atoms with Gasteiger partial charge in [-0.15, -0.1) is 0 Å². The number of nitrogens with zero attached hydrogens (tertiary/aromatic N) is 2. The maximum Gasteiger partial charge on any atom is 0.393 e. The topological polar surface area (TPSA) is 56.1 Å². The Kier molecular flexibility index (Phi) is 5.85. The molecule has 1 fully saturated rings. The molecule has 3 atom stereocenters. The third kappa shape index (κ3) is 4.35. The number of carbonyl (C=O) groups excluding carboxylic acids is 1. The number of amides is 1.